The van der Waals surface area contributed by atoms with Gasteiger partial charge in [0.2, 0.25) is 0 Å². The van der Waals surface area contributed by atoms with Crippen molar-refractivity contribution in [3.63, 3.8) is 0 Å². The normalized spacial score (nSPS) is 9.56. The number of unbranched alkanes of at least 4 members (excludes halogenated alkanes) is 1. The number of amides is 1. The number of rotatable bonds is 4. The molecular weight excluding hydrogens is 222 g/mol. The van der Waals surface area contributed by atoms with Gasteiger partial charge in [0.15, 0.2) is 0 Å². The predicted molar refractivity (Wildman–Crippen MR) is 67.4 cm³/mol. The van der Waals surface area contributed by atoms with E-state index < -0.39 is 0 Å². The molecule has 3 nitrogen and oxygen atoms in total. The second-order valence-electron chi connectivity index (χ2n) is 3.31. The average molecular weight is 237 g/mol. The van der Waals surface area contributed by atoms with Gasteiger partial charge in [-0.15, -0.1) is 0 Å². The fourth-order valence-electron chi connectivity index (χ4n) is 1.10. The summed E-state index contributed by atoms with van der Waals surface area (Å²) in [5.41, 5.74) is 0.573. The summed E-state index contributed by atoms with van der Waals surface area (Å²) in [6.45, 7) is 2.61. The van der Waals surface area contributed by atoms with Crippen LogP contribution in [-0.4, -0.2) is 17.7 Å². The van der Waals surface area contributed by atoms with Gasteiger partial charge in [0, 0.05) is 5.56 Å². The highest BCUT2D eigenvalue weighted by molar-refractivity contribution is 7.80. The van der Waals surface area contributed by atoms with Crippen LogP contribution in [0.1, 0.15) is 30.1 Å². The molecule has 0 saturated carbocycles. The fraction of sp³-hybridized carbons (Fsp3) is 0.333. The van der Waals surface area contributed by atoms with Gasteiger partial charge in [-0.3, -0.25) is 10.1 Å². The van der Waals surface area contributed by atoms with E-state index in [0.29, 0.717) is 12.2 Å². The molecule has 0 heterocycles. The Morgan fingerprint density at radius 1 is 1.38 bits per heavy atom. The quantitative estimate of drug-likeness (QED) is 0.646. The first-order valence-electron chi connectivity index (χ1n) is 5.27. The molecule has 1 rings (SSSR count). The summed E-state index contributed by atoms with van der Waals surface area (Å²) in [7, 11) is 0. The molecule has 0 aliphatic rings. The zero-order chi connectivity index (χ0) is 11.8. The Kier molecular flexibility index (Phi) is 5.50. The third-order valence-corrected chi connectivity index (χ3v) is 2.20. The van der Waals surface area contributed by atoms with Crippen LogP contribution in [0.4, 0.5) is 0 Å². The lowest BCUT2D eigenvalue weighted by atomic mass is 10.2. The van der Waals surface area contributed by atoms with Gasteiger partial charge in [-0.05, 0) is 30.8 Å². The second-order valence-corrected chi connectivity index (χ2v) is 3.68. The summed E-state index contributed by atoms with van der Waals surface area (Å²) in [5.74, 6) is -0.234. The van der Waals surface area contributed by atoms with Gasteiger partial charge in [0.1, 0.15) is 0 Å². The molecule has 4 heteroatoms. The summed E-state index contributed by atoms with van der Waals surface area (Å²) in [5, 5.41) is 2.67. The number of ether oxygens (including phenoxy) is 1. The van der Waals surface area contributed by atoms with Crippen LogP contribution in [-0.2, 0) is 4.74 Å². The lowest BCUT2D eigenvalue weighted by molar-refractivity contribution is 0.0967. The Hall–Kier alpha value is -1.42. The second kappa shape index (κ2) is 6.95. The fourth-order valence-corrected chi connectivity index (χ4v) is 1.28. The summed E-state index contributed by atoms with van der Waals surface area (Å²) < 4.78 is 5.17. The highest BCUT2D eigenvalue weighted by atomic mass is 32.1. The lowest BCUT2D eigenvalue weighted by Crippen LogP contribution is -2.30. The Morgan fingerprint density at radius 2 is 2.06 bits per heavy atom. The standard InChI is InChI=1S/C12H15NO2S/c1-2-3-9-15-12(16)13-11(14)10-7-5-4-6-8-10/h4-8H,2-3,9H2,1H3,(H,13,14,16). The zero-order valence-electron chi connectivity index (χ0n) is 9.23. The van der Waals surface area contributed by atoms with E-state index in [1.807, 2.05) is 6.07 Å². The first-order valence-corrected chi connectivity index (χ1v) is 5.68. The van der Waals surface area contributed by atoms with Crippen molar-refractivity contribution < 1.29 is 9.53 Å². The van der Waals surface area contributed by atoms with E-state index in [1.54, 1.807) is 24.3 Å². The third-order valence-electron chi connectivity index (χ3n) is 1.98. The minimum Gasteiger partial charge on any atom is -0.471 e. The third kappa shape index (κ3) is 4.40. The first-order chi connectivity index (χ1) is 7.74. The molecule has 0 radical (unpaired) electrons. The van der Waals surface area contributed by atoms with Crippen LogP contribution in [0, 0.1) is 0 Å². The highest BCUT2D eigenvalue weighted by Crippen LogP contribution is 1.98. The maximum absolute atomic E-state index is 11.6. The molecule has 1 aromatic carbocycles. The van der Waals surface area contributed by atoms with Crippen LogP contribution in [0.5, 0.6) is 0 Å². The number of nitrogens with one attached hydrogen (secondary N) is 1. The molecule has 16 heavy (non-hydrogen) atoms. The van der Waals surface area contributed by atoms with Crippen LogP contribution >= 0.6 is 12.2 Å². The van der Waals surface area contributed by atoms with E-state index in [4.69, 9.17) is 17.0 Å². The van der Waals surface area contributed by atoms with Crippen molar-refractivity contribution in [3.8, 4) is 0 Å². The monoisotopic (exact) mass is 237 g/mol. The van der Waals surface area contributed by atoms with E-state index >= 15 is 0 Å². The number of thiocarbonyl (C=S) groups is 1. The summed E-state index contributed by atoms with van der Waals surface area (Å²) >= 11 is 4.89. The van der Waals surface area contributed by atoms with E-state index in [-0.39, 0.29) is 11.1 Å². The highest BCUT2D eigenvalue weighted by Gasteiger charge is 2.06. The van der Waals surface area contributed by atoms with Crippen molar-refractivity contribution in [1.82, 2.24) is 5.32 Å². The zero-order valence-corrected chi connectivity index (χ0v) is 10.0. The van der Waals surface area contributed by atoms with E-state index in [9.17, 15) is 4.79 Å². The average Bonchev–Trinajstić information content (AvgIpc) is 2.30. The van der Waals surface area contributed by atoms with Crippen LogP contribution < -0.4 is 5.32 Å². The largest absolute Gasteiger partial charge is 0.471 e. The number of benzene rings is 1. The molecule has 0 unspecified atom stereocenters. The molecule has 1 amide bonds. The maximum Gasteiger partial charge on any atom is 0.263 e. The Balaban J connectivity index is 2.37. The summed E-state index contributed by atoms with van der Waals surface area (Å²) in [4.78, 5) is 11.6. The van der Waals surface area contributed by atoms with Crippen molar-refractivity contribution in [2.45, 2.75) is 19.8 Å². The molecular formula is C12H15NO2S. The van der Waals surface area contributed by atoms with Gasteiger partial charge >= 0.3 is 0 Å². The van der Waals surface area contributed by atoms with Gasteiger partial charge in [-0.2, -0.15) is 0 Å². The summed E-state index contributed by atoms with van der Waals surface area (Å²) in [6, 6.07) is 8.91. The molecule has 0 aliphatic heterocycles. The molecule has 0 aliphatic carbocycles. The molecule has 1 aromatic rings. The number of hydrogen-bond donors (Lipinski definition) is 1. The minimum absolute atomic E-state index is 0.141. The van der Waals surface area contributed by atoms with E-state index in [1.165, 1.54) is 0 Å². The van der Waals surface area contributed by atoms with Crippen molar-refractivity contribution in [1.29, 1.82) is 0 Å². The summed E-state index contributed by atoms with van der Waals surface area (Å²) in [6.07, 6.45) is 1.97. The minimum atomic E-state index is -0.234. The van der Waals surface area contributed by atoms with Crippen molar-refractivity contribution in [3.05, 3.63) is 35.9 Å². The Bertz CT molecular complexity index is 351. The molecule has 1 N–H and O–H groups in total. The molecule has 0 spiro atoms. The SMILES string of the molecule is CCCCOC(=S)NC(=O)c1ccccc1. The van der Waals surface area contributed by atoms with Gasteiger partial charge < -0.3 is 4.74 Å². The van der Waals surface area contributed by atoms with Crippen molar-refractivity contribution in [2.75, 3.05) is 6.61 Å². The van der Waals surface area contributed by atoms with Crippen LogP contribution in [0.2, 0.25) is 0 Å². The smallest absolute Gasteiger partial charge is 0.263 e. The van der Waals surface area contributed by atoms with Crippen LogP contribution in [0.25, 0.3) is 0 Å². The number of carbonyl (C=O) groups excluding carboxylic acids is 1. The van der Waals surface area contributed by atoms with Gasteiger partial charge in [0.05, 0.1) is 6.61 Å². The van der Waals surface area contributed by atoms with Crippen molar-refractivity contribution >= 4 is 23.3 Å². The lowest BCUT2D eigenvalue weighted by Gasteiger charge is -2.07. The number of hydrogen-bond acceptors (Lipinski definition) is 3. The molecule has 86 valence electrons. The van der Waals surface area contributed by atoms with Crippen LogP contribution in [0.15, 0.2) is 30.3 Å². The molecule has 0 saturated heterocycles. The predicted octanol–water partition coefficient (Wildman–Crippen LogP) is 2.52. The first kappa shape index (κ1) is 12.6. The van der Waals surface area contributed by atoms with Gasteiger partial charge in [0.25, 0.3) is 11.1 Å². The Morgan fingerprint density at radius 3 is 2.69 bits per heavy atom. The van der Waals surface area contributed by atoms with Gasteiger partial charge in [-0.1, -0.05) is 31.5 Å². The van der Waals surface area contributed by atoms with Crippen molar-refractivity contribution in [2.24, 2.45) is 0 Å². The molecule has 0 atom stereocenters. The van der Waals surface area contributed by atoms with E-state index in [0.717, 1.165) is 12.8 Å². The van der Waals surface area contributed by atoms with Crippen LogP contribution in [0.3, 0.4) is 0 Å². The molecule has 0 bridgehead atoms. The molecule has 0 fully saturated rings. The van der Waals surface area contributed by atoms with E-state index in [2.05, 4.69) is 12.2 Å². The number of carbonyl (C=O) groups is 1. The Labute approximate surface area is 101 Å². The molecule has 0 aromatic heterocycles. The van der Waals surface area contributed by atoms with Gasteiger partial charge in [-0.25, -0.2) is 0 Å². The maximum atomic E-state index is 11.6. The topological polar surface area (TPSA) is 38.3 Å².